The van der Waals surface area contributed by atoms with Gasteiger partial charge >= 0.3 is 0 Å². The summed E-state index contributed by atoms with van der Waals surface area (Å²) in [5.74, 6) is 0. The van der Waals surface area contributed by atoms with Gasteiger partial charge < -0.3 is 10.0 Å². The highest BCUT2D eigenvalue weighted by Gasteiger charge is 2.25. The van der Waals surface area contributed by atoms with E-state index >= 15 is 0 Å². The van der Waals surface area contributed by atoms with Crippen molar-refractivity contribution in [2.24, 2.45) is 0 Å². The lowest BCUT2D eigenvalue weighted by Crippen LogP contribution is -2.29. The van der Waals surface area contributed by atoms with Gasteiger partial charge in [-0.15, -0.1) is 0 Å². The molecule has 1 saturated heterocycles. The fourth-order valence-electron chi connectivity index (χ4n) is 2.59. The predicted octanol–water partition coefficient (Wildman–Crippen LogP) is 2.95. The number of aliphatic hydroxyl groups is 1. The Morgan fingerprint density at radius 3 is 3.00 bits per heavy atom. The second-order valence-corrected chi connectivity index (χ2v) is 5.04. The molecule has 0 spiro atoms. The van der Waals surface area contributed by atoms with Crippen molar-refractivity contribution >= 4 is 17.3 Å². The molecule has 1 aromatic rings. The summed E-state index contributed by atoms with van der Waals surface area (Å²) in [5.41, 5.74) is 1.60. The van der Waals surface area contributed by atoms with Crippen LogP contribution in [-0.4, -0.2) is 24.3 Å². The first-order valence-corrected chi connectivity index (χ1v) is 6.71. The summed E-state index contributed by atoms with van der Waals surface area (Å²) in [4.78, 5) is 2.30. The van der Waals surface area contributed by atoms with Crippen LogP contribution < -0.4 is 4.90 Å². The SMILES string of the molecule is N#Cc1ccc(N2CCCC2CCCO)c(Cl)c1. The number of benzene rings is 1. The van der Waals surface area contributed by atoms with Crippen LogP contribution in [0.5, 0.6) is 0 Å². The predicted molar refractivity (Wildman–Crippen MR) is 72.9 cm³/mol. The maximum atomic E-state index is 8.93. The Balaban J connectivity index is 2.17. The van der Waals surface area contributed by atoms with Crippen LogP contribution in [0.3, 0.4) is 0 Å². The molecule has 1 N–H and O–H groups in total. The fraction of sp³-hybridized carbons (Fsp3) is 0.500. The van der Waals surface area contributed by atoms with Crippen LogP contribution in [0.4, 0.5) is 5.69 Å². The minimum atomic E-state index is 0.242. The fourth-order valence-corrected chi connectivity index (χ4v) is 2.88. The number of nitrogens with zero attached hydrogens (tertiary/aromatic N) is 2. The van der Waals surface area contributed by atoms with Crippen LogP contribution in [0.2, 0.25) is 5.02 Å². The van der Waals surface area contributed by atoms with Gasteiger partial charge in [0.25, 0.3) is 0 Å². The smallest absolute Gasteiger partial charge is 0.0992 e. The molecule has 96 valence electrons. The molecule has 1 aromatic carbocycles. The van der Waals surface area contributed by atoms with E-state index in [2.05, 4.69) is 11.0 Å². The van der Waals surface area contributed by atoms with Gasteiger partial charge in [0.05, 0.1) is 22.3 Å². The molecule has 4 heteroatoms. The zero-order chi connectivity index (χ0) is 13.0. The lowest BCUT2D eigenvalue weighted by atomic mass is 10.1. The zero-order valence-electron chi connectivity index (χ0n) is 10.3. The van der Waals surface area contributed by atoms with Crippen molar-refractivity contribution in [3.63, 3.8) is 0 Å². The van der Waals surface area contributed by atoms with Crippen LogP contribution in [0.25, 0.3) is 0 Å². The molecule has 0 saturated carbocycles. The zero-order valence-corrected chi connectivity index (χ0v) is 11.0. The van der Waals surface area contributed by atoms with Crippen molar-refractivity contribution in [2.75, 3.05) is 18.1 Å². The van der Waals surface area contributed by atoms with E-state index in [1.165, 1.54) is 0 Å². The molecule has 0 aromatic heterocycles. The molecule has 1 aliphatic heterocycles. The average Bonchev–Trinajstić information content (AvgIpc) is 2.84. The minimum Gasteiger partial charge on any atom is -0.396 e. The van der Waals surface area contributed by atoms with E-state index in [0.29, 0.717) is 16.6 Å². The number of halogens is 1. The largest absolute Gasteiger partial charge is 0.396 e. The Kier molecular flexibility index (Phi) is 4.46. The third kappa shape index (κ3) is 2.77. The first-order chi connectivity index (χ1) is 8.76. The maximum Gasteiger partial charge on any atom is 0.0992 e. The molecule has 0 radical (unpaired) electrons. The Morgan fingerprint density at radius 1 is 1.50 bits per heavy atom. The summed E-state index contributed by atoms with van der Waals surface area (Å²) >= 11 is 6.25. The topological polar surface area (TPSA) is 47.3 Å². The molecule has 3 nitrogen and oxygen atoms in total. The maximum absolute atomic E-state index is 8.93. The summed E-state index contributed by atoms with van der Waals surface area (Å²) in [6.45, 7) is 1.24. The van der Waals surface area contributed by atoms with Crippen molar-refractivity contribution in [1.29, 1.82) is 5.26 Å². The molecule has 0 bridgehead atoms. The normalized spacial score (nSPS) is 18.9. The van der Waals surface area contributed by atoms with Gasteiger partial charge in [-0.2, -0.15) is 5.26 Å². The van der Waals surface area contributed by atoms with Crippen LogP contribution in [-0.2, 0) is 0 Å². The Morgan fingerprint density at radius 2 is 2.33 bits per heavy atom. The quantitative estimate of drug-likeness (QED) is 0.910. The first kappa shape index (κ1) is 13.2. The number of hydrogen-bond acceptors (Lipinski definition) is 3. The van der Waals surface area contributed by atoms with Gasteiger partial charge in [-0.25, -0.2) is 0 Å². The van der Waals surface area contributed by atoms with Gasteiger partial charge in [0, 0.05) is 19.2 Å². The minimum absolute atomic E-state index is 0.242. The number of aliphatic hydroxyl groups excluding tert-OH is 1. The van der Waals surface area contributed by atoms with E-state index in [1.54, 1.807) is 6.07 Å². The van der Waals surface area contributed by atoms with E-state index in [4.69, 9.17) is 22.0 Å². The second-order valence-electron chi connectivity index (χ2n) is 4.63. The monoisotopic (exact) mass is 264 g/mol. The molecule has 18 heavy (non-hydrogen) atoms. The van der Waals surface area contributed by atoms with E-state index in [9.17, 15) is 0 Å². The van der Waals surface area contributed by atoms with Crippen molar-refractivity contribution in [1.82, 2.24) is 0 Å². The van der Waals surface area contributed by atoms with Crippen LogP contribution in [0, 0.1) is 11.3 Å². The van der Waals surface area contributed by atoms with Gasteiger partial charge in [-0.3, -0.25) is 0 Å². The highest BCUT2D eigenvalue weighted by molar-refractivity contribution is 6.33. The molecule has 1 atom stereocenters. The molecule has 1 heterocycles. The van der Waals surface area contributed by atoms with Gasteiger partial charge in [-0.1, -0.05) is 11.6 Å². The molecule has 2 rings (SSSR count). The van der Waals surface area contributed by atoms with E-state index in [1.807, 2.05) is 12.1 Å². The van der Waals surface area contributed by atoms with Crippen molar-refractivity contribution < 1.29 is 5.11 Å². The van der Waals surface area contributed by atoms with Crippen LogP contribution >= 0.6 is 11.6 Å². The molecular formula is C14H17ClN2O. The number of anilines is 1. The summed E-state index contributed by atoms with van der Waals surface area (Å²) in [5, 5.41) is 18.4. The summed E-state index contributed by atoms with van der Waals surface area (Å²) < 4.78 is 0. The molecule has 1 fully saturated rings. The number of nitriles is 1. The summed E-state index contributed by atoms with van der Waals surface area (Å²) in [6.07, 6.45) is 4.13. The Hall–Kier alpha value is -1.24. The van der Waals surface area contributed by atoms with E-state index < -0.39 is 0 Å². The lowest BCUT2D eigenvalue weighted by Gasteiger charge is -2.27. The van der Waals surface area contributed by atoms with Gasteiger partial charge in [-0.05, 0) is 43.9 Å². The number of rotatable bonds is 4. The molecular weight excluding hydrogens is 248 g/mol. The van der Waals surface area contributed by atoms with Crippen LogP contribution in [0.1, 0.15) is 31.2 Å². The second kappa shape index (κ2) is 6.08. The lowest BCUT2D eigenvalue weighted by molar-refractivity contribution is 0.279. The Bertz CT molecular complexity index is 456. The third-order valence-corrected chi connectivity index (χ3v) is 3.76. The van der Waals surface area contributed by atoms with E-state index in [0.717, 1.165) is 37.9 Å². The molecule has 0 aliphatic carbocycles. The molecule has 1 unspecified atom stereocenters. The van der Waals surface area contributed by atoms with Crippen LogP contribution in [0.15, 0.2) is 18.2 Å². The highest BCUT2D eigenvalue weighted by atomic mass is 35.5. The standard InChI is InChI=1S/C14H17ClN2O/c15-13-9-11(10-16)5-6-14(13)17-7-1-3-12(17)4-2-8-18/h5-6,9,12,18H,1-4,7-8H2. The van der Waals surface area contributed by atoms with Gasteiger partial charge in [0.1, 0.15) is 0 Å². The summed E-state index contributed by atoms with van der Waals surface area (Å²) in [6, 6.07) is 8.01. The Labute approximate surface area is 113 Å². The average molecular weight is 265 g/mol. The number of hydrogen-bond donors (Lipinski definition) is 1. The molecule has 0 amide bonds. The van der Waals surface area contributed by atoms with Crippen molar-refractivity contribution in [3.8, 4) is 6.07 Å². The third-order valence-electron chi connectivity index (χ3n) is 3.46. The molecule has 1 aliphatic rings. The van der Waals surface area contributed by atoms with Crippen molar-refractivity contribution in [3.05, 3.63) is 28.8 Å². The van der Waals surface area contributed by atoms with E-state index in [-0.39, 0.29) is 6.61 Å². The highest BCUT2D eigenvalue weighted by Crippen LogP contribution is 2.33. The summed E-state index contributed by atoms with van der Waals surface area (Å²) in [7, 11) is 0. The first-order valence-electron chi connectivity index (χ1n) is 6.33. The van der Waals surface area contributed by atoms with Crippen molar-refractivity contribution in [2.45, 2.75) is 31.7 Å². The van der Waals surface area contributed by atoms with Gasteiger partial charge in [0.2, 0.25) is 0 Å². The van der Waals surface area contributed by atoms with Gasteiger partial charge in [0.15, 0.2) is 0 Å².